The second-order valence-electron chi connectivity index (χ2n) is 4.57. The molecule has 0 aliphatic carbocycles. The third-order valence-corrected chi connectivity index (χ3v) is 3.46. The van der Waals surface area contributed by atoms with E-state index in [-0.39, 0.29) is 5.91 Å². The number of nitrogens with two attached hydrogens (primary N) is 1. The molecule has 20 heavy (non-hydrogen) atoms. The van der Waals surface area contributed by atoms with Crippen LogP contribution in [0.25, 0.3) is 10.8 Å². The molecule has 5 heteroatoms. The van der Waals surface area contributed by atoms with Gasteiger partial charge in [-0.05, 0) is 17.5 Å². The molecule has 0 unspecified atom stereocenters. The van der Waals surface area contributed by atoms with E-state index in [1.54, 1.807) is 7.05 Å². The van der Waals surface area contributed by atoms with Crippen molar-refractivity contribution in [2.75, 3.05) is 25.5 Å². The van der Waals surface area contributed by atoms with Gasteiger partial charge in [-0.1, -0.05) is 36.5 Å². The van der Waals surface area contributed by atoms with E-state index in [0.29, 0.717) is 11.5 Å². The Balaban J connectivity index is 2.53. The number of hydrogen-bond acceptors (Lipinski definition) is 3. The van der Waals surface area contributed by atoms with Gasteiger partial charge in [0.25, 0.3) is 0 Å². The summed E-state index contributed by atoms with van der Waals surface area (Å²) in [6.45, 7) is 0.299. The first kappa shape index (κ1) is 14.3. The van der Waals surface area contributed by atoms with Crippen molar-refractivity contribution in [3.63, 3.8) is 0 Å². The molecule has 0 bridgehead atoms. The first-order chi connectivity index (χ1) is 9.54. The van der Waals surface area contributed by atoms with Gasteiger partial charge in [0.05, 0.1) is 6.54 Å². The Bertz CT molecular complexity index is 669. The van der Waals surface area contributed by atoms with Crippen LogP contribution < -0.4 is 16.0 Å². The van der Waals surface area contributed by atoms with E-state index in [4.69, 9.17) is 18.0 Å². The van der Waals surface area contributed by atoms with Crippen LogP contribution >= 0.6 is 12.2 Å². The number of likely N-dealkylation sites (N-methyl/N-ethyl adjacent to an activating group) is 2. The second-order valence-corrected chi connectivity index (χ2v) is 5.01. The highest BCUT2D eigenvalue weighted by molar-refractivity contribution is 7.80. The van der Waals surface area contributed by atoms with Crippen molar-refractivity contribution in [1.29, 1.82) is 0 Å². The van der Waals surface area contributed by atoms with E-state index in [9.17, 15) is 4.79 Å². The average Bonchev–Trinajstić information content (AvgIpc) is 2.45. The van der Waals surface area contributed by atoms with Crippen molar-refractivity contribution in [2.24, 2.45) is 5.73 Å². The van der Waals surface area contributed by atoms with Gasteiger partial charge >= 0.3 is 0 Å². The van der Waals surface area contributed by atoms with Gasteiger partial charge in [0.2, 0.25) is 5.91 Å². The van der Waals surface area contributed by atoms with Gasteiger partial charge in [0, 0.05) is 30.7 Å². The van der Waals surface area contributed by atoms with Crippen molar-refractivity contribution in [1.82, 2.24) is 5.32 Å². The predicted molar refractivity (Wildman–Crippen MR) is 87.2 cm³/mol. The lowest BCUT2D eigenvalue weighted by Gasteiger charge is -2.21. The highest BCUT2D eigenvalue weighted by atomic mass is 32.1. The number of amides is 1. The Morgan fingerprint density at radius 3 is 2.50 bits per heavy atom. The highest BCUT2D eigenvalue weighted by Crippen LogP contribution is 2.28. The molecule has 3 N–H and O–H groups in total. The summed E-state index contributed by atoms with van der Waals surface area (Å²) < 4.78 is 0. The second kappa shape index (κ2) is 5.88. The average molecular weight is 287 g/mol. The maximum atomic E-state index is 11.5. The highest BCUT2D eigenvalue weighted by Gasteiger charge is 2.12. The summed E-state index contributed by atoms with van der Waals surface area (Å²) in [4.78, 5) is 13.8. The molecule has 2 aromatic carbocycles. The van der Waals surface area contributed by atoms with E-state index in [1.165, 1.54) is 0 Å². The van der Waals surface area contributed by atoms with Crippen LogP contribution in [0.3, 0.4) is 0 Å². The standard InChI is InChI=1S/C15H17N3OS/c1-17-14(19)9-18(2)13-8-7-12(15(16)20)10-5-3-4-6-11(10)13/h3-8H,9H2,1-2H3,(H2,16,20)(H,17,19). The van der Waals surface area contributed by atoms with E-state index in [2.05, 4.69) is 5.32 Å². The molecule has 0 saturated heterocycles. The van der Waals surface area contributed by atoms with Crippen molar-refractivity contribution >= 4 is 39.6 Å². The summed E-state index contributed by atoms with van der Waals surface area (Å²) in [6.07, 6.45) is 0. The van der Waals surface area contributed by atoms with E-state index < -0.39 is 0 Å². The van der Waals surface area contributed by atoms with Gasteiger partial charge in [-0.2, -0.15) is 0 Å². The number of carbonyl (C=O) groups is 1. The van der Waals surface area contributed by atoms with Crippen LogP contribution in [0.1, 0.15) is 5.56 Å². The number of fused-ring (bicyclic) bond motifs is 1. The van der Waals surface area contributed by atoms with E-state index >= 15 is 0 Å². The molecule has 2 aromatic rings. The number of benzene rings is 2. The summed E-state index contributed by atoms with van der Waals surface area (Å²) in [5, 5.41) is 4.65. The number of nitrogens with one attached hydrogen (secondary N) is 1. The minimum absolute atomic E-state index is 0.0324. The van der Waals surface area contributed by atoms with E-state index in [0.717, 1.165) is 22.0 Å². The van der Waals surface area contributed by atoms with Crippen molar-refractivity contribution in [2.45, 2.75) is 0 Å². The molecule has 1 amide bonds. The molecule has 0 fully saturated rings. The minimum Gasteiger partial charge on any atom is -0.389 e. The number of rotatable bonds is 4. The molecule has 0 heterocycles. The molecular formula is C15H17N3OS. The van der Waals surface area contributed by atoms with Crippen LogP contribution in [0.2, 0.25) is 0 Å². The summed E-state index contributed by atoms with van der Waals surface area (Å²) in [5.41, 5.74) is 7.59. The van der Waals surface area contributed by atoms with Crippen LogP contribution in [0.5, 0.6) is 0 Å². The van der Waals surface area contributed by atoms with Crippen molar-refractivity contribution < 1.29 is 4.79 Å². The fourth-order valence-corrected chi connectivity index (χ4v) is 2.39. The lowest BCUT2D eigenvalue weighted by molar-refractivity contribution is -0.119. The molecule has 0 aliphatic heterocycles. The summed E-state index contributed by atoms with van der Waals surface area (Å²) in [7, 11) is 3.52. The smallest absolute Gasteiger partial charge is 0.239 e. The first-order valence-corrected chi connectivity index (χ1v) is 6.68. The molecule has 104 valence electrons. The largest absolute Gasteiger partial charge is 0.389 e. The van der Waals surface area contributed by atoms with Gasteiger partial charge in [-0.3, -0.25) is 4.79 Å². The predicted octanol–water partition coefficient (Wildman–Crippen LogP) is 1.66. The Hall–Kier alpha value is -2.14. The summed E-state index contributed by atoms with van der Waals surface area (Å²) >= 11 is 5.09. The van der Waals surface area contributed by atoms with E-state index in [1.807, 2.05) is 48.3 Å². The zero-order valence-corrected chi connectivity index (χ0v) is 12.3. The van der Waals surface area contributed by atoms with Crippen LogP contribution in [0.15, 0.2) is 36.4 Å². The van der Waals surface area contributed by atoms with Crippen LogP contribution in [0.4, 0.5) is 5.69 Å². The third kappa shape index (κ3) is 2.72. The Kier molecular flexibility index (Phi) is 4.20. The lowest BCUT2D eigenvalue weighted by atomic mass is 10.0. The molecular weight excluding hydrogens is 270 g/mol. The number of anilines is 1. The molecule has 0 saturated carbocycles. The topological polar surface area (TPSA) is 58.4 Å². The Morgan fingerprint density at radius 2 is 1.90 bits per heavy atom. The zero-order valence-electron chi connectivity index (χ0n) is 11.5. The van der Waals surface area contributed by atoms with Gasteiger partial charge in [-0.15, -0.1) is 0 Å². The Morgan fingerprint density at radius 1 is 1.25 bits per heavy atom. The van der Waals surface area contributed by atoms with Crippen LogP contribution in [0, 0.1) is 0 Å². The number of carbonyl (C=O) groups excluding carboxylic acids is 1. The lowest BCUT2D eigenvalue weighted by Crippen LogP contribution is -2.33. The number of thiocarbonyl (C=S) groups is 1. The van der Waals surface area contributed by atoms with Gasteiger partial charge in [0.1, 0.15) is 4.99 Å². The monoisotopic (exact) mass is 287 g/mol. The maximum absolute atomic E-state index is 11.5. The number of hydrogen-bond donors (Lipinski definition) is 2. The third-order valence-electron chi connectivity index (χ3n) is 3.24. The van der Waals surface area contributed by atoms with Crippen LogP contribution in [-0.4, -0.2) is 31.5 Å². The van der Waals surface area contributed by atoms with Gasteiger partial charge < -0.3 is 16.0 Å². The molecule has 0 aromatic heterocycles. The first-order valence-electron chi connectivity index (χ1n) is 6.28. The molecule has 0 atom stereocenters. The van der Waals surface area contributed by atoms with Crippen molar-refractivity contribution in [3.05, 3.63) is 42.0 Å². The minimum atomic E-state index is -0.0324. The molecule has 0 radical (unpaired) electrons. The van der Waals surface area contributed by atoms with Gasteiger partial charge in [-0.25, -0.2) is 0 Å². The van der Waals surface area contributed by atoms with Crippen LogP contribution in [-0.2, 0) is 4.79 Å². The zero-order chi connectivity index (χ0) is 14.7. The maximum Gasteiger partial charge on any atom is 0.239 e. The fraction of sp³-hybridized carbons (Fsp3) is 0.200. The Labute approximate surface area is 123 Å². The van der Waals surface area contributed by atoms with Gasteiger partial charge in [0.15, 0.2) is 0 Å². The number of nitrogens with zero attached hydrogens (tertiary/aromatic N) is 1. The molecule has 4 nitrogen and oxygen atoms in total. The fourth-order valence-electron chi connectivity index (χ4n) is 2.21. The molecule has 0 aliphatic rings. The van der Waals surface area contributed by atoms with Crippen molar-refractivity contribution in [3.8, 4) is 0 Å². The molecule has 0 spiro atoms. The molecule has 2 rings (SSSR count). The normalized spacial score (nSPS) is 10.3. The summed E-state index contributed by atoms with van der Waals surface area (Å²) in [5.74, 6) is -0.0324. The quantitative estimate of drug-likeness (QED) is 0.840. The summed E-state index contributed by atoms with van der Waals surface area (Å²) in [6, 6.07) is 11.8. The SMILES string of the molecule is CNC(=O)CN(C)c1ccc(C(N)=S)c2ccccc12.